The minimum atomic E-state index is 0.239. The summed E-state index contributed by atoms with van der Waals surface area (Å²) in [4.78, 5) is 8.12. The van der Waals surface area contributed by atoms with E-state index in [1.165, 1.54) is 0 Å². The van der Waals surface area contributed by atoms with Crippen molar-refractivity contribution in [2.75, 3.05) is 0 Å². The van der Waals surface area contributed by atoms with Crippen molar-refractivity contribution in [1.82, 2.24) is 9.97 Å². The topological polar surface area (TPSA) is 49.6 Å². The van der Waals surface area contributed by atoms with Gasteiger partial charge in [-0.05, 0) is 13.8 Å². The van der Waals surface area contributed by atoms with Crippen LogP contribution in [0.3, 0.4) is 0 Å². The Morgan fingerprint density at radius 1 is 1.42 bits per heavy atom. The summed E-state index contributed by atoms with van der Waals surface area (Å²) in [7, 11) is 0. The van der Waals surface area contributed by atoms with Crippen molar-refractivity contribution >= 4 is 11.6 Å². The molecule has 1 aromatic heterocycles. The number of halogens is 1. The summed E-state index contributed by atoms with van der Waals surface area (Å²) in [6.45, 7) is 3.59. The van der Waals surface area contributed by atoms with Gasteiger partial charge in [-0.25, -0.2) is 9.97 Å². The number of aryl methyl sites for hydroxylation is 2. The largest absolute Gasteiger partial charge is 0.237 e. The van der Waals surface area contributed by atoms with Gasteiger partial charge in [0.15, 0.2) is 0 Å². The van der Waals surface area contributed by atoms with Gasteiger partial charge in [0, 0.05) is 0 Å². The van der Waals surface area contributed by atoms with Crippen LogP contribution in [0.25, 0.3) is 0 Å². The van der Waals surface area contributed by atoms with Gasteiger partial charge < -0.3 is 0 Å². The Labute approximate surface area is 76.0 Å². The van der Waals surface area contributed by atoms with Crippen molar-refractivity contribution in [3.05, 3.63) is 22.2 Å². The first kappa shape index (κ1) is 8.95. The van der Waals surface area contributed by atoms with Crippen LogP contribution in [0.2, 0.25) is 5.02 Å². The molecule has 0 N–H and O–H groups in total. The maximum Gasteiger partial charge on any atom is 0.125 e. The predicted octanol–water partition coefficient (Wildman–Crippen LogP) is 1.81. The molecule has 0 radical (unpaired) electrons. The molecule has 0 amide bonds. The molecule has 0 fully saturated rings. The summed E-state index contributed by atoms with van der Waals surface area (Å²) in [5.41, 5.74) is 1.35. The molecule has 1 aromatic rings. The SMILES string of the molecule is Cc1nc(C)c(Cl)c(CC#N)n1. The lowest BCUT2D eigenvalue weighted by molar-refractivity contribution is 0.954. The van der Waals surface area contributed by atoms with E-state index in [0.717, 1.165) is 5.69 Å². The monoisotopic (exact) mass is 181 g/mol. The molecule has 1 heterocycles. The standard InChI is InChI=1S/C8H8ClN3/c1-5-8(9)7(3-4-10)12-6(2)11-5/h3H2,1-2H3. The van der Waals surface area contributed by atoms with E-state index in [2.05, 4.69) is 9.97 Å². The Balaban J connectivity index is 3.20. The van der Waals surface area contributed by atoms with Crippen LogP contribution < -0.4 is 0 Å². The molecule has 0 aliphatic heterocycles. The van der Waals surface area contributed by atoms with Crippen LogP contribution in [0, 0.1) is 25.2 Å². The van der Waals surface area contributed by atoms with Crippen LogP contribution in [0.4, 0.5) is 0 Å². The minimum absolute atomic E-state index is 0.239. The molecule has 0 saturated carbocycles. The Bertz CT molecular complexity index is 341. The second kappa shape index (κ2) is 3.51. The summed E-state index contributed by atoms with van der Waals surface area (Å²) >= 11 is 5.87. The first-order valence-electron chi connectivity index (χ1n) is 3.51. The van der Waals surface area contributed by atoms with E-state index in [1.54, 1.807) is 13.8 Å². The molecule has 12 heavy (non-hydrogen) atoms. The van der Waals surface area contributed by atoms with Crippen LogP contribution >= 0.6 is 11.6 Å². The van der Waals surface area contributed by atoms with Gasteiger partial charge in [-0.1, -0.05) is 11.6 Å². The van der Waals surface area contributed by atoms with Gasteiger partial charge in [-0.15, -0.1) is 0 Å². The zero-order valence-electron chi connectivity index (χ0n) is 6.93. The van der Waals surface area contributed by atoms with Gasteiger partial charge >= 0.3 is 0 Å². The van der Waals surface area contributed by atoms with Crippen molar-refractivity contribution in [2.45, 2.75) is 20.3 Å². The van der Waals surface area contributed by atoms with Crippen molar-refractivity contribution in [3.8, 4) is 6.07 Å². The molecule has 0 unspecified atom stereocenters. The van der Waals surface area contributed by atoms with Crippen LogP contribution in [-0.2, 0) is 6.42 Å². The molecule has 0 aliphatic carbocycles. The maximum atomic E-state index is 8.46. The molecule has 0 saturated heterocycles. The van der Waals surface area contributed by atoms with Crippen molar-refractivity contribution < 1.29 is 0 Å². The number of rotatable bonds is 1. The van der Waals surface area contributed by atoms with Crippen LogP contribution in [0.5, 0.6) is 0 Å². The Morgan fingerprint density at radius 3 is 2.67 bits per heavy atom. The molecule has 4 heteroatoms. The van der Waals surface area contributed by atoms with Gasteiger partial charge in [-0.3, -0.25) is 0 Å². The smallest absolute Gasteiger partial charge is 0.125 e. The fourth-order valence-electron chi connectivity index (χ4n) is 0.962. The van der Waals surface area contributed by atoms with Crippen molar-refractivity contribution in [2.24, 2.45) is 0 Å². The Morgan fingerprint density at radius 2 is 2.08 bits per heavy atom. The van der Waals surface area contributed by atoms with Gasteiger partial charge in [0.2, 0.25) is 0 Å². The third-order valence-corrected chi connectivity index (χ3v) is 1.94. The summed E-state index contributed by atoms with van der Waals surface area (Å²) < 4.78 is 0. The number of hydrogen-bond donors (Lipinski definition) is 0. The molecule has 0 aliphatic rings. The highest BCUT2D eigenvalue weighted by molar-refractivity contribution is 6.31. The van der Waals surface area contributed by atoms with Crippen LogP contribution in [0.1, 0.15) is 17.2 Å². The van der Waals surface area contributed by atoms with E-state index in [4.69, 9.17) is 16.9 Å². The number of nitrogens with zero attached hydrogens (tertiary/aromatic N) is 3. The number of aromatic nitrogens is 2. The lowest BCUT2D eigenvalue weighted by atomic mass is 10.2. The average Bonchev–Trinajstić information content (AvgIpc) is 2.00. The highest BCUT2D eigenvalue weighted by atomic mass is 35.5. The Kier molecular flexibility index (Phi) is 2.61. The average molecular weight is 182 g/mol. The zero-order chi connectivity index (χ0) is 9.14. The molecular formula is C8H8ClN3. The lowest BCUT2D eigenvalue weighted by Gasteiger charge is -2.02. The van der Waals surface area contributed by atoms with E-state index in [-0.39, 0.29) is 6.42 Å². The van der Waals surface area contributed by atoms with E-state index < -0.39 is 0 Å². The normalized spacial score (nSPS) is 9.50. The Hall–Kier alpha value is -1.14. The number of hydrogen-bond acceptors (Lipinski definition) is 3. The first-order valence-corrected chi connectivity index (χ1v) is 3.89. The van der Waals surface area contributed by atoms with Gasteiger partial charge in [0.05, 0.1) is 28.9 Å². The fraction of sp³-hybridized carbons (Fsp3) is 0.375. The molecule has 0 aromatic carbocycles. The third kappa shape index (κ3) is 1.72. The molecular weight excluding hydrogens is 174 g/mol. The van der Waals surface area contributed by atoms with Gasteiger partial charge in [-0.2, -0.15) is 5.26 Å². The second-order valence-corrected chi connectivity index (χ2v) is 2.83. The molecule has 1 rings (SSSR count). The summed E-state index contributed by atoms with van der Waals surface area (Å²) in [6, 6.07) is 2.00. The quantitative estimate of drug-likeness (QED) is 0.664. The third-order valence-electron chi connectivity index (χ3n) is 1.44. The van der Waals surface area contributed by atoms with Gasteiger partial charge in [0.1, 0.15) is 5.82 Å². The summed E-state index contributed by atoms with van der Waals surface area (Å²) in [6.07, 6.45) is 0.239. The predicted molar refractivity (Wildman–Crippen MR) is 45.8 cm³/mol. The highest BCUT2D eigenvalue weighted by Crippen LogP contribution is 2.17. The summed E-state index contributed by atoms with van der Waals surface area (Å²) in [5, 5.41) is 8.96. The molecule has 0 spiro atoms. The van der Waals surface area contributed by atoms with Crippen LogP contribution in [-0.4, -0.2) is 9.97 Å². The fourth-order valence-corrected chi connectivity index (χ4v) is 1.11. The van der Waals surface area contributed by atoms with Crippen molar-refractivity contribution in [1.29, 1.82) is 5.26 Å². The zero-order valence-corrected chi connectivity index (χ0v) is 7.68. The van der Waals surface area contributed by atoms with Crippen molar-refractivity contribution in [3.63, 3.8) is 0 Å². The molecule has 0 atom stereocenters. The van der Waals surface area contributed by atoms with E-state index in [9.17, 15) is 0 Å². The highest BCUT2D eigenvalue weighted by Gasteiger charge is 2.06. The summed E-state index contributed by atoms with van der Waals surface area (Å²) in [5.74, 6) is 0.655. The second-order valence-electron chi connectivity index (χ2n) is 2.45. The molecule has 0 bridgehead atoms. The van der Waals surface area contributed by atoms with E-state index >= 15 is 0 Å². The van der Waals surface area contributed by atoms with Gasteiger partial charge in [0.25, 0.3) is 0 Å². The first-order chi connectivity index (χ1) is 5.65. The number of nitriles is 1. The lowest BCUT2D eigenvalue weighted by Crippen LogP contribution is -1.98. The van der Waals surface area contributed by atoms with E-state index in [0.29, 0.717) is 16.5 Å². The molecule has 3 nitrogen and oxygen atoms in total. The maximum absolute atomic E-state index is 8.46. The minimum Gasteiger partial charge on any atom is -0.237 e. The van der Waals surface area contributed by atoms with Crippen LogP contribution in [0.15, 0.2) is 0 Å². The van der Waals surface area contributed by atoms with E-state index in [1.807, 2.05) is 6.07 Å². The molecule has 62 valence electrons.